The molecule has 0 saturated heterocycles. The van der Waals surface area contributed by atoms with Gasteiger partial charge in [-0.25, -0.2) is 8.78 Å². The number of fused-ring (bicyclic) bond motifs is 1. The Morgan fingerprint density at radius 1 is 1.19 bits per heavy atom. The van der Waals surface area contributed by atoms with Crippen LogP contribution in [0.1, 0.15) is 36.3 Å². The van der Waals surface area contributed by atoms with Crippen LogP contribution in [0.15, 0.2) is 24.3 Å². The van der Waals surface area contributed by atoms with Crippen LogP contribution in [0.2, 0.25) is 0 Å². The molecule has 86 valence electrons. The number of benzene rings is 1. The summed E-state index contributed by atoms with van der Waals surface area (Å²) in [6.45, 7) is 0. The maximum absolute atomic E-state index is 13.0. The number of hydrogen-bond donors (Lipinski definition) is 1. The Morgan fingerprint density at radius 3 is 2.56 bits per heavy atom. The van der Waals surface area contributed by atoms with E-state index in [4.69, 9.17) is 5.73 Å². The second-order valence-corrected chi connectivity index (χ2v) is 5.23. The molecule has 3 heteroatoms. The third kappa shape index (κ3) is 1.38. The van der Waals surface area contributed by atoms with Crippen LogP contribution >= 0.6 is 0 Å². The molecule has 0 spiro atoms. The molecule has 1 aromatic rings. The minimum absolute atomic E-state index is 0.128. The maximum atomic E-state index is 13.0. The van der Waals surface area contributed by atoms with Gasteiger partial charge in [0.1, 0.15) is 0 Å². The van der Waals surface area contributed by atoms with E-state index in [9.17, 15) is 8.78 Å². The zero-order chi connectivity index (χ0) is 11.4. The van der Waals surface area contributed by atoms with Crippen molar-refractivity contribution < 1.29 is 8.78 Å². The summed E-state index contributed by atoms with van der Waals surface area (Å²) in [7, 11) is 0. The molecule has 1 unspecified atom stereocenters. The van der Waals surface area contributed by atoms with Gasteiger partial charge < -0.3 is 5.73 Å². The van der Waals surface area contributed by atoms with E-state index in [0.29, 0.717) is 0 Å². The van der Waals surface area contributed by atoms with Crippen LogP contribution in [-0.4, -0.2) is 11.5 Å². The SMILES string of the molecule is NC1(C2CCc3ccccc32)CC(F)(F)C1. The van der Waals surface area contributed by atoms with Crippen LogP contribution in [0, 0.1) is 0 Å². The lowest BCUT2D eigenvalue weighted by atomic mass is 9.64. The van der Waals surface area contributed by atoms with Crippen LogP contribution in [0.5, 0.6) is 0 Å². The van der Waals surface area contributed by atoms with Crippen LogP contribution < -0.4 is 5.73 Å². The molecule has 3 rings (SSSR count). The average Bonchev–Trinajstić information content (AvgIpc) is 2.58. The second kappa shape index (κ2) is 3.04. The van der Waals surface area contributed by atoms with Gasteiger partial charge >= 0.3 is 0 Å². The first-order chi connectivity index (χ1) is 7.50. The zero-order valence-electron chi connectivity index (χ0n) is 9.05. The molecular formula is C13H15F2N. The van der Waals surface area contributed by atoms with Crippen LogP contribution in [0.3, 0.4) is 0 Å². The highest BCUT2D eigenvalue weighted by molar-refractivity contribution is 5.38. The average molecular weight is 223 g/mol. The van der Waals surface area contributed by atoms with Gasteiger partial charge in [-0.15, -0.1) is 0 Å². The molecule has 2 aliphatic rings. The van der Waals surface area contributed by atoms with Crippen molar-refractivity contribution in [3.8, 4) is 0 Å². The van der Waals surface area contributed by atoms with E-state index in [0.717, 1.165) is 12.8 Å². The zero-order valence-corrected chi connectivity index (χ0v) is 9.05. The topological polar surface area (TPSA) is 26.0 Å². The summed E-state index contributed by atoms with van der Waals surface area (Å²) >= 11 is 0. The van der Waals surface area contributed by atoms with Gasteiger partial charge in [-0.1, -0.05) is 24.3 Å². The van der Waals surface area contributed by atoms with E-state index >= 15 is 0 Å². The third-order valence-electron chi connectivity index (χ3n) is 4.00. The van der Waals surface area contributed by atoms with Crippen LogP contribution in [0.4, 0.5) is 8.78 Å². The predicted molar refractivity (Wildman–Crippen MR) is 58.6 cm³/mol. The number of aryl methyl sites for hydroxylation is 1. The normalized spacial score (nSPS) is 29.6. The fourth-order valence-electron chi connectivity index (χ4n) is 3.31. The Balaban J connectivity index is 1.89. The summed E-state index contributed by atoms with van der Waals surface area (Å²) in [4.78, 5) is 0. The number of alkyl halides is 2. The molecule has 1 atom stereocenters. The molecule has 1 saturated carbocycles. The largest absolute Gasteiger partial charge is 0.324 e. The minimum atomic E-state index is -2.54. The van der Waals surface area contributed by atoms with Crippen LogP contribution in [0.25, 0.3) is 0 Å². The fourth-order valence-corrected chi connectivity index (χ4v) is 3.31. The molecule has 1 fully saturated rings. The smallest absolute Gasteiger partial charge is 0.251 e. The highest BCUT2D eigenvalue weighted by Crippen LogP contribution is 2.54. The summed E-state index contributed by atoms with van der Waals surface area (Å²) in [6.07, 6.45) is 1.59. The van der Waals surface area contributed by atoms with Crippen LogP contribution in [-0.2, 0) is 6.42 Å². The van der Waals surface area contributed by atoms with Gasteiger partial charge in [-0.3, -0.25) is 0 Å². The molecule has 0 heterocycles. The maximum Gasteiger partial charge on any atom is 0.251 e. The first-order valence-electron chi connectivity index (χ1n) is 5.75. The van der Waals surface area contributed by atoms with Gasteiger partial charge in [-0.05, 0) is 24.0 Å². The van der Waals surface area contributed by atoms with Gasteiger partial charge in [0.15, 0.2) is 0 Å². The number of rotatable bonds is 1. The molecular weight excluding hydrogens is 208 g/mol. The molecule has 2 aliphatic carbocycles. The Hall–Kier alpha value is -0.960. The highest BCUT2D eigenvalue weighted by atomic mass is 19.3. The standard InChI is InChI=1S/C13H15F2N/c14-13(15)7-12(16,8-13)11-6-5-9-3-1-2-4-10(9)11/h1-4,11H,5-8,16H2. The van der Waals surface area contributed by atoms with E-state index < -0.39 is 11.5 Å². The van der Waals surface area contributed by atoms with Crippen molar-refractivity contribution in [2.75, 3.05) is 0 Å². The third-order valence-corrected chi connectivity index (χ3v) is 4.00. The number of nitrogens with two attached hydrogens (primary N) is 1. The number of halogens is 2. The van der Waals surface area contributed by atoms with Crippen molar-refractivity contribution in [2.45, 2.75) is 43.1 Å². The quantitative estimate of drug-likeness (QED) is 0.778. The van der Waals surface area contributed by atoms with E-state index in [-0.39, 0.29) is 18.8 Å². The Kier molecular flexibility index (Phi) is 1.94. The Bertz CT molecular complexity index is 420. The molecule has 0 aromatic heterocycles. The molecule has 0 bridgehead atoms. The Labute approximate surface area is 93.6 Å². The summed E-state index contributed by atoms with van der Waals surface area (Å²) in [5, 5.41) is 0. The minimum Gasteiger partial charge on any atom is -0.324 e. The van der Waals surface area contributed by atoms with E-state index in [1.807, 2.05) is 18.2 Å². The summed E-state index contributed by atoms with van der Waals surface area (Å²) in [5.74, 6) is -2.41. The lowest BCUT2D eigenvalue weighted by Gasteiger charge is -2.48. The monoisotopic (exact) mass is 223 g/mol. The molecule has 0 aliphatic heterocycles. The lowest BCUT2D eigenvalue weighted by molar-refractivity contribution is -0.129. The lowest BCUT2D eigenvalue weighted by Crippen LogP contribution is -2.61. The van der Waals surface area contributed by atoms with Crippen molar-refractivity contribution in [1.29, 1.82) is 0 Å². The van der Waals surface area contributed by atoms with Gasteiger partial charge in [0.05, 0.1) is 0 Å². The Morgan fingerprint density at radius 2 is 1.88 bits per heavy atom. The van der Waals surface area contributed by atoms with Crippen molar-refractivity contribution in [3.05, 3.63) is 35.4 Å². The van der Waals surface area contributed by atoms with E-state index in [2.05, 4.69) is 6.07 Å². The van der Waals surface area contributed by atoms with Crippen molar-refractivity contribution in [1.82, 2.24) is 0 Å². The molecule has 16 heavy (non-hydrogen) atoms. The molecule has 2 N–H and O–H groups in total. The molecule has 1 nitrogen and oxygen atoms in total. The van der Waals surface area contributed by atoms with E-state index in [1.165, 1.54) is 11.1 Å². The molecule has 0 radical (unpaired) electrons. The van der Waals surface area contributed by atoms with E-state index in [1.54, 1.807) is 0 Å². The molecule has 0 amide bonds. The highest BCUT2D eigenvalue weighted by Gasteiger charge is 2.58. The summed E-state index contributed by atoms with van der Waals surface area (Å²) in [6, 6.07) is 8.09. The van der Waals surface area contributed by atoms with Crippen molar-refractivity contribution in [3.63, 3.8) is 0 Å². The van der Waals surface area contributed by atoms with Gasteiger partial charge in [0, 0.05) is 24.3 Å². The van der Waals surface area contributed by atoms with Gasteiger partial charge in [0.25, 0.3) is 5.92 Å². The first kappa shape index (κ1) is 10.2. The first-order valence-corrected chi connectivity index (χ1v) is 5.75. The number of hydrogen-bond acceptors (Lipinski definition) is 1. The van der Waals surface area contributed by atoms with Gasteiger partial charge in [-0.2, -0.15) is 0 Å². The fraction of sp³-hybridized carbons (Fsp3) is 0.538. The second-order valence-electron chi connectivity index (χ2n) is 5.23. The predicted octanol–water partition coefficient (Wildman–Crippen LogP) is 2.84. The summed E-state index contributed by atoms with van der Waals surface area (Å²) < 4.78 is 26.0. The van der Waals surface area contributed by atoms with Crippen molar-refractivity contribution >= 4 is 0 Å². The summed E-state index contributed by atoms with van der Waals surface area (Å²) in [5.41, 5.74) is 7.93. The van der Waals surface area contributed by atoms with Gasteiger partial charge in [0.2, 0.25) is 0 Å². The molecule has 1 aromatic carbocycles. The van der Waals surface area contributed by atoms with Crippen molar-refractivity contribution in [2.24, 2.45) is 5.73 Å².